The van der Waals surface area contributed by atoms with Crippen LogP contribution < -0.4 is 0 Å². The molecule has 0 saturated carbocycles. The van der Waals surface area contributed by atoms with E-state index in [0.717, 1.165) is 9.75 Å². The summed E-state index contributed by atoms with van der Waals surface area (Å²) < 4.78 is 13.8. The summed E-state index contributed by atoms with van der Waals surface area (Å²) in [6.07, 6.45) is 3.30. The Morgan fingerprint density at radius 1 is 1.04 bits per heavy atom. The van der Waals surface area contributed by atoms with Crippen LogP contribution in [0.3, 0.4) is 0 Å². The van der Waals surface area contributed by atoms with Crippen molar-refractivity contribution in [1.29, 1.82) is 0 Å². The number of piperazine rings is 1. The Morgan fingerprint density at radius 3 is 2.40 bits per heavy atom. The minimum atomic E-state index is -0.251. The Bertz CT molecular complexity index is 807. The zero-order valence-electron chi connectivity index (χ0n) is 13.9. The number of carbonyl (C=O) groups excluding carboxylic acids is 2. The average molecular weight is 358 g/mol. The van der Waals surface area contributed by atoms with E-state index in [9.17, 15) is 14.0 Å². The number of thiophene rings is 1. The molecule has 1 saturated heterocycles. The van der Waals surface area contributed by atoms with E-state index in [1.807, 2.05) is 12.1 Å². The van der Waals surface area contributed by atoms with E-state index in [0.29, 0.717) is 31.7 Å². The van der Waals surface area contributed by atoms with Gasteiger partial charge in [0.1, 0.15) is 5.82 Å². The number of rotatable bonds is 3. The minimum Gasteiger partial charge on any atom is -0.339 e. The zero-order chi connectivity index (χ0) is 17.8. The standard InChI is InChI=1S/C19H19FN2O2S/c1-14(23)21-10-12-22(13-11-21)19(24)9-7-15-6-8-18(25-15)16-4-2-3-5-17(16)20/h2-9H,10-13H2,1H3/b9-7+. The molecule has 25 heavy (non-hydrogen) atoms. The van der Waals surface area contributed by atoms with Crippen LogP contribution in [0.5, 0.6) is 0 Å². The van der Waals surface area contributed by atoms with Gasteiger partial charge in [-0.3, -0.25) is 9.59 Å². The first-order valence-corrected chi connectivity index (χ1v) is 8.93. The molecule has 3 rings (SSSR count). The molecule has 0 unspecified atom stereocenters. The van der Waals surface area contributed by atoms with Gasteiger partial charge >= 0.3 is 0 Å². The monoisotopic (exact) mass is 358 g/mol. The van der Waals surface area contributed by atoms with Gasteiger partial charge in [0.25, 0.3) is 0 Å². The molecule has 0 N–H and O–H groups in total. The maximum atomic E-state index is 13.8. The lowest BCUT2D eigenvalue weighted by Gasteiger charge is -2.33. The molecular formula is C19H19FN2O2S. The molecule has 0 atom stereocenters. The Balaban J connectivity index is 1.62. The summed E-state index contributed by atoms with van der Waals surface area (Å²) in [5.41, 5.74) is 0.568. The summed E-state index contributed by atoms with van der Waals surface area (Å²) in [5, 5.41) is 0. The van der Waals surface area contributed by atoms with Gasteiger partial charge in [0, 0.05) is 54.5 Å². The molecule has 0 spiro atoms. The molecule has 1 aromatic carbocycles. The van der Waals surface area contributed by atoms with Crippen LogP contribution in [0.25, 0.3) is 16.5 Å². The maximum absolute atomic E-state index is 13.8. The first-order chi connectivity index (χ1) is 12.0. The number of nitrogens with zero attached hydrogens (tertiary/aromatic N) is 2. The summed E-state index contributed by atoms with van der Waals surface area (Å²) in [4.78, 5) is 28.8. The van der Waals surface area contributed by atoms with E-state index in [-0.39, 0.29) is 17.6 Å². The second-order valence-corrected chi connectivity index (χ2v) is 6.96. The van der Waals surface area contributed by atoms with Gasteiger partial charge in [-0.1, -0.05) is 18.2 Å². The van der Waals surface area contributed by atoms with Gasteiger partial charge in [-0.2, -0.15) is 0 Å². The van der Waals surface area contributed by atoms with Crippen molar-refractivity contribution >= 4 is 29.2 Å². The van der Waals surface area contributed by atoms with Gasteiger partial charge in [0.2, 0.25) is 11.8 Å². The molecule has 2 heterocycles. The number of carbonyl (C=O) groups is 2. The fourth-order valence-electron chi connectivity index (χ4n) is 2.75. The van der Waals surface area contributed by atoms with E-state index in [2.05, 4.69) is 0 Å². The highest BCUT2D eigenvalue weighted by Gasteiger charge is 2.20. The van der Waals surface area contributed by atoms with Crippen LogP contribution in [0.1, 0.15) is 11.8 Å². The van der Waals surface area contributed by atoms with Crippen molar-refractivity contribution in [3.63, 3.8) is 0 Å². The van der Waals surface area contributed by atoms with E-state index < -0.39 is 0 Å². The Hall–Kier alpha value is -2.47. The topological polar surface area (TPSA) is 40.6 Å². The minimum absolute atomic E-state index is 0.0434. The third kappa shape index (κ3) is 4.14. The fraction of sp³-hybridized carbons (Fsp3) is 0.263. The number of hydrogen-bond donors (Lipinski definition) is 0. The van der Waals surface area contributed by atoms with Crippen molar-refractivity contribution in [1.82, 2.24) is 9.80 Å². The largest absolute Gasteiger partial charge is 0.339 e. The van der Waals surface area contributed by atoms with Gasteiger partial charge in [-0.05, 0) is 24.3 Å². The van der Waals surface area contributed by atoms with E-state index in [1.165, 1.54) is 17.4 Å². The van der Waals surface area contributed by atoms with Crippen LogP contribution in [-0.4, -0.2) is 47.8 Å². The van der Waals surface area contributed by atoms with Crippen LogP contribution in [-0.2, 0) is 9.59 Å². The van der Waals surface area contributed by atoms with E-state index in [1.54, 1.807) is 47.1 Å². The van der Waals surface area contributed by atoms with Crippen LogP contribution >= 0.6 is 11.3 Å². The molecule has 130 valence electrons. The highest BCUT2D eigenvalue weighted by molar-refractivity contribution is 7.16. The van der Waals surface area contributed by atoms with Crippen LogP contribution in [0, 0.1) is 5.82 Å². The molecule has 1 aromatic heterocycles. The maximum Gasteiger partial charge on any atom is 0.246 e. The molecule has 0 aliphatic carbocycles. The molecular weight excluding hydrogens is 339 g/mol. The second-order valence-electron chi connectivity index (χ2n) is 5.85. The predicted octanol–water partition coefficient (Wildman–Crippen LogP) is 3.26. The molecule has 1 aliphatic heterocycles. The number of hydrogen-bond acceptors (Lipinski definition) is 3. The lowest BCUT2D eigenvalue weighted by atomic mass is 10.2. The number of amides is 2. The summed E-state index contributed by atoms with van der Waals surface area (Å²) >= 11 is 1.44. The summed E-state index contributed by atoms with van der Waals surface area (Å²) in [7, 11) is 0. The lowest BCUT2D eigenvalue weighted by Crippen LogP contribution is -2.49. The summed E-state index contributed by atoms with van der Waals surface area (Å²) in [6.45, 7) is 3.79. The van der Waals surface area contributed by atoms with Crippen LogP contribution in [0.15, 0.2) is 42.5 Å². The molecule has 0 radical (unpaired) electrons. The van der Waals surface area contributed by atoms with Crippen LogP contribution in [0.2, 0.25) is 0 Å². The molecule has 1 fully saturated rings. The average Bonchev–Trinajstić information content (AvgIpc) is 3.09. The first-order valence-electron chi connectivity index (χ1n) is 8.12. The smallest absolute Gasteiger partial charge is 0.246 e. The molecule has 0 bridgehead atoms. The predicted molar refractivity (Wildman–Crippen MR) is 97.6 cm³/mol. The molecule has 2 amide bonds. The number of benzene rings is 1. The van der Waals surface area contributed by atoms with Crippen LogP contribution in [0.4, 0.5) is 4.39 Å². The van der Waals surface area contributed by atoms with E-state index >= 15 is 0 Å². The van der Waals surface area contributed by atoms with Crippen molar-refractivity contribution in [3.8, 4) is 10.4 Å². The number of halogens is 1. The first kappa shape index (κ1) is 17.4. The van der Waals surface area contributed by atoms with Gasteiger partial charge in [0.05, 0.1) is 0 Å². The Morgan fingerprint density at radius 2 is 1.72 bits per heavy atom. The van der Waals surface area contributed by atoms with E-state index in [4.69, 9.17) is 0 Å². The van der Waals surface area contributed by atoms with Gasteiger partial charge < -0.3 is 9.80 Å². The summed E-state index contributed by atoms with van der Waals surface area (Å²) in [5.74, 6) is -0.273. The molecule has 2 aromatic rings. The van der Waals surface area contributed by atoms with Crippen molar-refractivity contribution in [2.75, 3.05) is 26.2 Å². The van der Waals surface area contributed by atoms with Gasteiger partial charge in [-0.25, -0.2) is 4.39 Å². The van der Waals surface area contributed by atoms with Crippen molar-refractivity contribution < 1.29 is 14.0 Å². The SMILES string of the molecule is CC(=O)N1CCN(C(=O)/C=C/c2ccc(-c3ccccc3F)s2)CC1. The zero-order valence-corrected chi connectivity index (χ0v) is 14.8. The van der Waals surface area contributed by atoms with Crippen molar-refractivity contribution in [2.24, 2.45) is 0 Å². The quantitative estimate of drug-likeness (QED) is 0.790. The second kappa shape index (κ2) is 7.61. The van der Waals surface area contributed by atoms with Crippen molar-refractivity contribution in [2.45, 2.75) is 6.92 Å². The molecule has 6 heteroatoms. The van der Waals surface area contributed by atoms with Gasteiger partial charge in [0.15, 0.2) is 0 Å². The summed E-state index contributed by atoms with van der Waals surface area (Å²) in [6, 6.07) is 10.4. The Kier molecular flexibility index (Phi) is 5.28. The third-order valence-electron chi connectivity index (χ3n) is 4.19. The highest BCUT2D eigenvalue weighted by Crippen LogP contribution is 2.30. The lowest BCUT2D eigenvalue weighted by molar-refractivity contribution is -0.135. The fourth-order valence-corrected chi connectivity index (χ4v) is 3.69. The normalized spacial score (nSPS) is 15.0. The molecule has 1 aliphatic rings. The Labute approximate surface area is 150 Å². The van der Waals surface area contributed by atoms with Gasteiger partial charge in [-0.15, -0.1) is 11.3 Å². The highest BCUT2D eigenvalue weighted by atomic mass is 32.1. The van der Waals surface area contributed by atoms with Crippen molar-refractivity contribution in [3.05, 3.63) is 53.2 Å². The molecule has 4 nitrogen and oxygen atoms in total. The third-order valence-corrected chi connectivity index (χ3v) is 5.28.